The summed E-state index contributed by atoms with van der Waals surface area (Å²) in [7, 11) is 6.42. The van der Waals surface area contributed by atoms with Crippen molar-refractivity contribution < 1.29 is 66.6 Å². The molecule has 2 fully saturated rings. The maximum atomic E-state index is 14.1. The fourth-order valence-corrected chi connectivity index (χ4v) is 9.93. The van der Waals surface area contributed by atoms with Crippen molar-refractivity contribution in [3.05, 3.63) is 119 Å². The number of hydrogen-bond acceptors (Lipinski definition) is 15. The molecule has 0 radical (unpaired) electrons. The van der Waals surface area contributed by atoms with E-state index in [1.54, 1.807) is 74.6 Å². The van der Waals surface area contributed by atoms with Gasteiger partial charge in [-0.15, -0.1) is 12.4 Å². The minimum atomic E-state index is -0.685. The Morgan fingerprint density at radius 2 is 1.04 bits per heavy atom. The van der Waals surface area contributed by atoms with Gasteiger partial charge in [-0.1, -0.05) is 60.7 Å². The molecule has 2 unspecified atom stereocenters. The van der Waals surface area contributed by atoms with Crippen LogP contribution in [0.15, 0.2) is 97.1 Å². The highest BCUT2D eigenvalue weighted by atomic mass is 35.5. The van der Waals surface area contributed by atoms with Crippen molar-refractivity contribution in [3.8, 4) is 23.0 Å². The van der Waals surface area contributed by atoms with E-state index < -0.39 is 23.9 Å². The first-order valence-corrected chi connectivity index (χ1v) is 28.7. The Hall–Kier alpha value is -7.00. The normalized spacial score (nSPS) is 16.6. The zero-order valence-electron chi connectivity index (χ0n) is 51.0. The summed E-state index contributed by atoms with van der Waals surface area (Å²) >= 11 is 0. The van der Waals surface area contributed by atoms with E-state index in [1.165, 1.54) is 0 Å². The molecular formula is C63H91ClN6O14. The molecule has 0 saturated carbocycles. The summed E-state index contributed by atoms with van der Waals surface area (Å²) in [6, 6.07) is 28.9. The van der Waals surface area contributed by atoms with Crippen LogP contribution in [0, 0.1) is 11.8 Å². The number of piperidine rings is 2. The highest BCUT2D eigenvalue weighted by Crippen LogP contribution is 2.33. The van der Waals surface area contributed by atoms with E-state index in [1.807, 2.05) is 114 Å². The number of hydrogen-bond donors (Lipinski definition) is 3. The van der Waals surface area contributed by atoms with Crippen molar-refractivity contribution >= 4 is 42.5 Å². The summed E-state index contributed by atoms with van der Waals surface area (Å²) in [5.41, 5.74) is 2.13. The van der Waals surface area contributed by atoms with Gasteiger partial charge in [-0.25, -0.2) is 14.4 Å². The molecule has 0 spiro atoms. The van der Waals surface area contributed by atoms with Crippen molar-refractivity contribution in [2.24, 2.45) is 11.8 Å². The van der Waals surface area contributed by atoms with E-state index in [2.05, 4.69) is 16.0 Å². The lowest BCUT2D eigenvalue weighted by molar-refractivity contribution is -0.00117. The molecule has 6 rings (SSSR count). The van der Waals surface area contributed by atoms with Gasteiger partial charge in [0.15, 0.2) is 23.0 Å². The second-order valence-corrected chi connectivity index (χ2v) is 22.2. The summed E-state index contributed by atoms with van der Waals surface area (Å²) in [6.45, 7) is 18.6. The Morgan fingerprint density at radius 1 is 0.583 bits per heavy atom. The minimum Gasteiger partial charge on any atom is -0.493 e. The molecule has 4 atom stereocenters. The molecule has 2 aliphatic heterocycles. The third kappa shape index (κ3) is 22.9. The first kappa shape index (κ1) is 69.5. The standard InChI is InChI=1S/C34H49N3O8.C29H41N3O6.ClH/c1-24(2)37(31(38)27-14-15-29(42-7)30(19-27)43-17-11-16-41-6)28-18-26(21-36(22-28)33(40)45-34(3,4)5)20-35-32(39)44-23-25-12-9-8-10-13-25;1-21(2)32(28(33)24-11-12-26(36-4)27(16-24)37-14-8-13-35-3)25-15-23(17-30-19-25)18-31-29(34)38-20-22-9-6-5-7-10-22;/h8-10,12-15,19,24,26,28H,11,16-18,20-23H2,1-7H3,(H,35,39);5-7,9-12,16,21,23,25,30H,8,13-15,17-20H2,1-4H3,(H,31,34);1H/t26-,28?;23-,25?;/m10./s1. The predicted molar refractivity (Wildman–Crippen MR) is 324 cm³/mol. The van der Waals surface area contributed by atoms with Crippen LogP contribution in [0.3, 0.4) is 0 Å². The van der Waals surface area contributed by atoms with Crippen LogP contribution in [0.4, 0.5) is 14.4 Å². The van der Waals surface area contributed by atoms with Gasteiger partial charge in [0, 0.05) is 102 Å². The quantitative estimate of drug-likeness (QED) is 0.0394. The number of ether oxygens (including phenoxy) is 9. The van der Waals surface area contributed by atoms with E-state index >= 15 is 0 Å². The highest BCUT2D eigenvalue weighted by Gasteiger charge is 2.39. The molecule has 2 aliphatic rings. The Labute approximate surface area is 503 Å². The maximum absolute atomic E-state index is 14.1. The summed E-state index contributed by atoms with van der Waals surface area (Å²) in [5.74, 6) is 1.88. The largest absolute Gasteiger partial charge is 0.493 e. The van der Waals surface area contributed by atoms with Crippen LogP contribution in [-0.2, 0) is 36.9 Å². The van der Waals surface area contributed by atoms with Crippen LogP contribution < -0.4 is 34.9 Å². The van der Waals surface area contributed by atoms with Crippen LogP contribution in [0.25, 0.3) is 0 Å². The smallest absolute Gasteiger partial charge is 0.410 e. The van der Waals surface area contributed by atoms with Gasteiger partial charge in [0.2, 0.25) is 0 Å². The van der Waals surface area contributed by atoms with Gasteiger partial charge in [0.25, 0.3) is 11.8 Å². The molecule has 21 heteroatoms. The Bertz CT molecular complexity index is 2630. The van der Waals surface area contributed by atoms with Crippen molar-refractivity contribution in [3.63, 3.8) is 0 Å². The molecule has 2 heterocycles. The lowest BCUT2D eigenvalue weighted by Gasteiger charge is -2.44. The molecule has 5 amide bonds. The highest BCUT2D eigenvalue weighted by molar-refractivity contribution is 5.96. The monoisotopic (exact) mass is 1190 g/mol. The fourth-order valence-electron chi connectivity index (χ4n) is 9.93. The van der Waals surface area contributed by atoms with Crippen LogP contribution in [0.5, 0.6) is 23.0 Å². The van der Waals surface area contributed by atoms with Crippen molar-refractivity contribution in [2.75, 3.05) is 94.1 Å². The number of benzene rings is 4. The Morgan fingerprint density at radius 3 is 1.48 bits per heavy atom. The maximum Gasteiger partial charge on any atom is 0.410 e. The van der Waals surface area contributed by atoms with Gasteiger partial charge < -0.3 is 73.3 Å². The molecule has 464 valence electrons. The molecular weight excluding hydrogens is 1100 g/mol. The number of carbonyl (C=O) groups excluding carboxylic acids is 5. The third-order valence-corrected chi connectivity index (χ3v) is 13.8. The zero-order valence-corrected chi connectivity index (χ0v) is 51.8. The molecule has 0 aliphatic carbocycles. The summed E-state index contributed by atoms with van der Waals surface area (Å²) in [4.78, 5) is 71.2. The van der Waals surface area contributed by atoms with E-state index in [0.717, 1.165) is 30.5 Å². The summed E-state index contributed by atoms with van der Waals surface area (Å²) in [5, 5.41) is 9.16. The number of nitrogens with one attached hydrogen (secondary N) is 3. The van der Waals surface area contributed by atoms with Gasteiger partial charge in [-0.05, 0) is 127 Å². The number of amides is 5. The number of rotatable bonds is 26. The molecule has 3 N–H and O–H groups in total. The number of methoxy groups -OCH3 is 4. The molecule has 2 saturated heterocycles. The number of likely N-dealkylation sites (tertiary alicyclic amines) is 1. The average Bonchev–Trinajstić information content (AvgIpc) is 3.15. The lowest BCUT2D eigenvalue weighted by Crippen LogP contribution is -2.57. The van der Waals surface area contributed by atoms with Gasteiger partial charge in [-0.2, -0.15) is 0 Å². The van der Waals surface area contributed by atoms with Gasteiger partial charge in [-0.3, -0.25) is 9.59 Å². The first-order chi connectivity index (χ1) is 39.8. The van der Waals surface area contributed by atoms with Crippen molar-refractivity contribution in [1.82, 2.24) is 30.7 Å². The SMILES string of the molecule is COCCCOc1cc(C(=O)N(C(C)C)C2CNC[C@@H](CNC(=O)OCc3ccccc3)C2)ccc1OC.COCCCOc1cc(C(=O)N(C(C)C)C2C[C@H](CNC(=O)OCc3ccccc3)CN(C(=O)OC(C)(C)C)C2)ccc1OC.Cl. The van der Waals surface area contributed by atoms with E-state index in [-0.39, 0.29) is 80.0 Å². The van der Waals surface area contributed by atoms with E-state index in [9.17, 15) is 24.0 Å². The lowest BCUT2D eigenvalue weighted by atomic mass is 9.92. The third-order valence-electron chi connectivity index (χ3n) is 13.8. The molecule has 4 aromatic carbocycles. The first-order valence-electron chi connectivity index (χ1n) is 28.7. The molecule has 4 aromatic rings. The second-order valence-electron chi connectivity index (χ2n) is 22.2. The van der Waals surface area contributed by atoms with Crippen LogP contribution >= 0.6 is 12.4 Å². The molecule has 84 heavy (non-hydrogen) atoms. The van der Waals surface area contributed by atoms with Gasteiger partial charge >= 0.3 is 18.3 Å². The van der Waals surface area contributed by atoms with Crippen molar-refractivity contribution in [1.29, 1.82) is 0 Å². The van der Waals surface area contributed by atoms with Crippen LogP contribution in [-0.4, -0.2) is 169 Å². The van der Waals surface area contributed by atoms with Gasteiger partial charge in [0.1, 0.15) is 18.8 Å². The number of alkyl carbamates (subject to hydrolysis) is 2. The molecule has 0 aromatic heterocycles. The number of nitrogens with zero attached hydrogens (tertiary/aromatic N) is 3. The summed E-state index contributed by atoms with van der Waals surface area (Å²) < 4.78 is 49.3. The Kier molecular flexibility index (Phi) is 29.8. The molecule has 0 bridgehead atoms. The second kappa shape index (κ2) is 36.0. The van der Waals surface area contributed by atoms with Crippen LogP contribution in [0.2, 0.25) is 0 Å². The van der Waals surface area contributed by atoms with Crippen LogP contribution in [0.1, 0.15) is 106 Å². The fraction of sp³-hybridized carbons (Fsp3) is 0.540. The number of halogens is 1. The summed E-state index contributed by atoms with van der Waals surface area (Å²) in [6.07, 6.45) is 1.32. The predicted octanol–water partition coefficient (Wildman–Crippen LogP) is 9.80. The Balaban J connectivity index is 0.000000361. The topological polar surface area (TPSA) is 214 Å². The van der Waals surface area contributed by atoms with E-state index in [0.29, 0.717) is 99.6 Å². The van der Waals surface area contributed by atoms with E-state index in [4.69, 9.17) is 42.6 Å². The van der Waals surface area contributed by atoms with Crippen molar-refractivity contribution in [2.45, 2.75) is 117 Å². The number of carbonyl (C=O) groups is 5. The zero-order chi connectivity index (χ0) is 60.3. The molecule has 20 nitrogen and oxygen atoms in total. The average molecular weight is 1190 g/mol. The minimum absolute atomic E-state index is 0. The van der Waals surface area contributed by atoms with Gasteiger partial charge in [0.05, 0.1) is 33.5 Å².